The van der Waals surface area contributed by atoms with Crippen LogP contribution in [0.5, 0.6) is 0 Å². The molecule has 1 fully saturated rings. The highest BCUT2D eigenvalue weighted by molar-refractivity contribution is 6.36. The number of ether oxygens (including phenoxy) is 1. The van der Waals surface area contributed by atoms with Gasteiger partial charge in [-0.25, -0.2) is 5.43 Å². The molecule has 0 saturated carbocycles. The second-order valence-electron chi connectivity index (χ2n) is 5.95. The van der Waals surface area contributed by atoms with Crippen LogP contribution in [0.3, 0.4) is 0 Å². The van der Waals surface area contributed by atoms with Gasteiger partial charge in [-0.3, -0.25) is 9.80 Å². The van der Waals surface area contributed by atoms with Crippen LogP contribution in [0.4, 0.5) is 5.69 Å². The van der Waals surface area contributed by atoms with E-state index >= 15 is 0 Å². The molecule has 0 radical (unpaired) electrons. The van der Waals surface area contributed by atoms with Crippen LogP contribution in [0, 0.1) is 5.92 Å². The van der Waals surface area contributed by atoms with Crippen molar-refractivity contribution < 1.29 is 9.53 Å². The molecule has 1 N–H and O–H groups in total. The molecule has 3 rings (SSSR count). The van der Waals surface area contributed by atoms with Crippen LogP contribution >= 0.6 is 34.8 Å². The zero-order valence-electron chi connectivity index (χ0n) is 13.7. The van der Waals surface area contributed by atoms with Crippen LogP contribution in [-0.4, -0.2) is 19.1 Å². The molecule has 0 bridgehead atoms. The van der Waals surface area contributed by atoms with E-state index in [1.54, 1.807) is 12.1 Å². The van der Waals surface area contributed by atoms with Gasteiger partial charge in [0.05, 0.1) is 23.9 Å². The van der Waals surface area contributed by atoms with Crippen LogP contribution in [0.2, 0.25) is 15.1 Å². The minimum atomic E-state index is -0.488. The topological polar surface area (TPSA) is 41.6 Å². The molecule has 0 aliphatic carbocycles. The number of carbonyl (C=O) groups excluding carboxylic acids is 1. The van der Waals surface area contributed by atoms with E-state index in [1.807, 2.05) is 42.3 Å². The maximum Gasteiger partial charge on any atom is 0.325 e. The van der Waals surface area contributed by atoms with Gasteiger partial charge in [0.2, 0.25) is 0 Å². The molecular formula is C18H17Cl3N2O2. The third-order valence-electron chi connectivity index (χ3n) is 4.42. The van der Waals surface area contributed by atoms with Crippen molar-refractivity contribution in [1.82, 2.24) is 5.43 Å². The predicted molar refractivity (Wildman–Crippen MR) is 101 cm³/mol. The summed E-state index contributed by atoms with van der Waals surface area (Å²) in [5.41, 5.74) is 4.99. The summed E-state index contributed by atoms with van der Waals surface area (Å²) in [4.78, 5) is 12.2. The molecule has 1 heterocycles. The first-order valence-corrected chi connectivity index (χ1v) is 8.89. The lowest BCUT2D eigenvalue weighted by atomic mass is 9.90. The molecular weight excluding hydrogens is 383 g/mol. The van der Waals surface area contributed by atoms with Gasteiger partial charge in [0.1, 0.15) is 6.04 Å². The Balaban J connectivity index is 2.05. The lowest BCUT2D eigenvalue weighted by Gasteiger charge is -2.29. The molecule has 1 saturated heterocycles. The molecule has 7 heteroatoms. The second kappa shape index (κ2) is 7.42. The Morgan fingerprint density at radius 3 is 2.32 bits per heavy atom. The SMILES string of the molecule is COC(=O)C1NN(c2ccc(Cl)cc2Cl)C(c2ccc(Cl)cc2)C1C. The van der Waals surface area contributed by atoms with E-state index < -0.39 is 6.04 Å². The normalized spacial score (nSPS) is 22.9. The maximum atomic E-state index is 12.2. The smallest absolute Gasteiger partial charge is 0.325 e. The number of halogens is 3. The minimum Gasteiger partial charge on any atom is -0.468 e. The van der Waals surface area contributed by atoms with Crippen LogP contribution in [0.1, 0.15) is 18.5 Å². The highest BCUT2D eigenvalue weighted by Crippen LogP contribution is 2.42. The molecule has 25 heavy (non-hydrogen) atoms. The highest BCUT2D eigenvalue weighted by Gasteiger charge is 2.44. The molecule has 1 aliphatic rings. The Kier molecular flexibility index (Phi) is 5.44. The number of hydrogen-bond acceptors (Lipinski definition) is 4. The van der Waals surface area contributed by atoms with Gasteiger partial charge in [0.25, 0.3) is 0 Å². The third-order valence-corrected chi connectivity index (χ3v) is 5.21. The number of anilines is 1. The molecule has 2 aromatic rings. The van der Waals surface area contributed by atoms with E-state index in [2.05, 4.69) is 5.43 Å². The summed E-state index contributed by atoms with van der Waals surface area (Å²) in [6.07, 6.45) is 0. The Morgan fingerprint density at radius 2 is 1.72 bits per heavy atom. The summed E-state index contributed by atoms with van der Waals surface area (Å²) in [6.45, 7) is 2.00. The van der Waals surface area contributed by atoms with Crippen molar-refractivity contribution in [1.29, 1.82) is 0 Å². The molecule has 0 amide bonds. The van der Waals surface area contributed by atoms with E-state index in [0.29, 0.717) is 15.1 Å². The number of esters is 1. The quantitative estimate of drug-likeness (QED) is 0.746. The van der Waals surface area contributed by atoms with Gasteiger partial charge in [-0.1, -0.05) is 53.9 Å². The number of methoxy groups -OCH3 is 1. The van der Waals surface area contributed by atoms with Gasteiger partial charge in [0.15, 0.2) is 0 Å². The number of nitrogens with one attached hydrogen (secondary N) is 1. The molecule has 4 nitrogen and oxygen atoms in total. The monoisotopic (exact) mass is 398 g/mol. The lowest BCUT2D eigenvalue weighted by Crippen LogP contribution is -2.41. The van der Waals surface area contributed by atoms with Crippen molar-refractivity contribution >= 4 is 46.5 Å². The summed E-state index contributed by atoms with van der Waals surface area (Å²) >= 11 is 18.4. The number of rotatable bonds is 3. The molecule has 1 aliphatic heterocycles. The first kappa shape index (κ1) is 18.3. The van der Waals surface area contributed by atoms with Gasteiger partial charge in [-0.15, -0.1) is 0 Å². The third kappa shape index (κ3) is 3.58. The molecule has 0 spiro atoms. The Hall–Kier alpha value is -1.46. The summed E-state index contributed by atoms with van der Waals surface area (Å²) < 4.78 is 4.94. The van der Waals surface area contributed by atoms with Crippen molar-refractivity contribution in [3.63, 3.8) is 0 Å². The molecule has 3 unspecified atom stereocenters. The van der Waals surface area contributed by atoms with Crippen molar-refractivity contribution in [3.05, 3.63) is 63.1 Å². The van der Waals surface area contributed by atoms with Crippen LogP contribution in [0.15, 0.2) is 42.5 Å². The fraction of sp³-hybridized carbons (Fsp3) is 0.278. The van der Waals surface area contributed by atoms with Gasteiger partial charge < -0.3 is 4.74 Å². The standard InChI is InChI=1S/C18H17Cl3N2O2/c1-10-16(18(24)25-2)22-23(15-8-7-13(20)9-14(15)21)17(10)11-3-5-12(19)6-4-11/h3-10,16-17,22H,1-2H3. The summed E-state index contributed by atoms with van der Waals surface area (Å²) in [7, 11) is 1.38. The maximum absolute atomic E-state index is 12.2. The number of hydrogen-bond donors (Lipinski definition) is 1. The number of benzene rings is 2. The average molecular weight is 400 g/mol. The predicted octanol–water partition coefficient (Wildman–Crippen LogP) is 4.89. The van der Waals surface area contributed by atoms with Crippen LogP contribution in [-0.2, 0) is 9.53 Å². The number of carbonyl (C=O) groups is 1. The summed E-state index contributed by atoms with van der Waals surface area (Å²) in [5, 5.41) is 3.60. The molecule has 3 atom stereocenters. The number of nitrogens with zero attached hydrogens (tertiary/aromatic N) is 1. The van der Waals surface area contributed by atoms with Crippen molar-refractivity contribution in [2.45, 2.75) is 19.0 Å². The van der Waals surface area contributed by atoms with Crippen molar-refractivity contribution in [2.24, 2.45) is 5.92 Å². The molecule has 2 aromatic carbocycles. The van der Waals surface area contributed by atoms with E-state index in [1.165, 1.54) is 7.11 Å². The van der Waals surface area contributed by atoms with Gasteiger partial charge in [-0.05, 0) is 35.9 Å². The van der Waals surface area contributed by atoms with Gasteiger partial charge in [-0.2, -0.15) is 0 Å². The van der Waals surface area contributed by atoms with Crippen molar-refractivity contribution in [3.8, 4) is 0 Å². The zero-order valence-corrected chi connectivity index (χ0v) is 15.9. The fourth-order valence-electron chi connectivity index (χ4n) is 3.17. The average Bonchev–Trinajstić information content (AvgIpc) is 2.92. The first-order valence-electron chi connectivity index (χ1n) is 7.76. The van der Waals surface area contributed by atoms with Crippen molar-refractivity contribution in [2.75, 3.05) is 12.1 Å². The lowest BCUT2D eigenvalue weighted by molar-refractivity contribution is -0.143. The summed E-state index contributed by atoms with van der Waals surface area (Å²) in [6, 6.07) is 12.2. The highest BCUT2D eigenvalue weighted by atomic mass is 35.5. The zero-order chi connectivity index (χ0) is 18.1. The number of hydrazine groups is 1. The Bertz CT molecular complexity index is 782. The molecule has 0 aromatic heterocycles. The van der Waals surface area contributed by atoms with E-state index in [9.17, 15) is 4.79 Å². The largest absolute Gasteiger partial charge is 0.468 e. The van der Waals surface area contributed by atoms with Crippen LogP contribution < -0.4 is 10.4 Å². The van der Waals surface area contributed by atoms with E-state index in [-0.39, 0.29) is 17.9 Å². The summed E-state index contributed by atoms with van der Waals surface area (Å²) in [5.74, 6) is -0.376. The Labute approximate surface area is 161 Å². The molecule has 132 valence electrons. The van der Waals surface area contributed by atoms with E-state index in [4.69, 9.17) is 39.5 Å². The Morgan fingerprint density at radius 1 is 1.08 bits per heavy atom. The first-order chi connectivity index (χ1) is 11.9. The van der Waals surface area contributed by atoms with Gasteiger partial charge >= 0.3 is 5.97 Å². The van der Waals surface area contributed by atoms with Crippen LogP contribution in [0.25, 0.3) is 0 Å². The van der Waals surface area contributed by atoms with E-state index in [0.717, 1.165) is 11.3 Å². The fourth-order valence-corrected chi connectivity index (χ4v) is 3.79. The minimum absolute atomic E-state index is 0.0552. The van der Waals surface area contributed by atoms with Gasteiger partial charge in [0, 0.05) is 16.0 Å². The second-order valence-corrected chi connectivity index (χ2v) is 7.23.